The predicted molar refractivity (Wildman–Crippen MR) is 94.7 cm³/mol. The summed E-state index contributed by atoms with van der Waals surface area (Å²) in [6, 6.07) is 17.6. The van der Waals surface area contributed by atoms with Crippen molar-refractivity contribution in [3.8, 4) is 17.6 Å². The molecule has 0 heterocycles. The Morgan fingerprint density at radius 1 is 1.13 bits per heavy atom. The number of methoxy groups -OCH3 is 1. The molecule has 2 aromatic rings. The van der Waals surface area contributed by atoms with Crippen LogP contribution in [-0.2, 0) is 4.79 Å². The number of para-hydroxylation sites is 1. The van der Waals surface area contributed by atoms with Crippen LogP contribution in [0.4, 0.5) is 0 Å². The van der Waals surface area contributed by atoms with Crippen molar-refractivity contribution >= 4 is 17.7 Å². The van der Waals surface area contributed by atoms with E-state index in [-0.39, 0.29) is 5.91 Å². The second-order valence-corrected chi connectivity index (χ2v) is 5.86. The summed E-state index contributed by atoms with van der Waals surface area (Å²) in [7, 11) is 1.62. The van der Waals surface area contributed by atoms with Crippen molar-refractivity contribution in [3.63, 3.8) is 0 Å². The van der Waals surface area contributed by atoms with Gasteiger partial charge in [-0.2, -0.15) is 0 Å². The van der Waals surface area contributed by atoms with Gasteiger partial charge >= 0.3 is 0 Å². The number of rotatable bonds is 6. The van der Waals surface area contributed by atoms with Crippen molar-refractivity contribution in [3.05, 3.63) is 60.2 Å². The van der Waals surface area contributed by atoms with Gasteiger partial charge in [0.05, 0.1) is 19.2 Å². The summed E-state index contributed by atoms with van der Waals surface area (Å²) in [6.45, 7) is 0.340. The fourth-order valence-electron chi connectivity index (χ4n) is 1.90. The van der Waals surface area contributed by atoms with Gasteiger partial charge in [-0.25, -0.2) is 0 Å². The van der Waals surface area contributed by atoms with Gasteiger partial charge in [0, 0.05) is 17.1 Å². The summed E-state index contributed by atoms with van der Waals surface area (Å²) in [5, 5.41) is 2.81. The summed E-state index contributed by atoms with van der Waals surface area (Å²) in [6.07, 6.45) is 0.482. The van der Waals surface area contributed by atoms with E-state index in [1.807, 2.05) is 54.6 Å². The quantitative estimate of drug-likeness (QED) is 0.654. The number of carbonyl (C=O) groups is 1. The van der Waals surface area contributed by atoms with Crippen LogP contribution >= 0.6 is 11.8 Å². The second kappa shape index (κ2) is 9.60. The zero-order valence-electron chi connectivity index (χ0n) is 13.0. The first kappa shape index (κ1) is 17.0. The minimum Gasteiger partial charge on any atom is -0.495 e. The van der Waals surface area contributed by atoms with Crippen LogP contribution < -0.4 is 10.1 Å². The van der Waals surface area contributed by atoms with Crippen LogP contribution in [0.3, 0.4) is 0 Å². The summed E-state index contributed by atoms with van der Waals surface area (Å²) < 4.78 is 5.23. The number of hydrogen-bond donors (Lipinski definition) is 1. The summed E-state index contributed by atoms with van der Waals surface area (Å²) >= 11 is 1.68. The molecular formula is C19H19NO2S. The van der Waals surface area contributed by atoms with Crippen molar-refractivity contribution in [2.24, 2.45) is 0 Å². The molecule has 1 N–H and O–H groups in total. The number of amides is 1. The molecule has 4 heteroatoms. The van der Waals surface area contributed by atoms with E-state index in [2.05, 4.69) is 17.2 Å². The standard InChI is InChI=1S/C19H19NO2S/c1-22-18-12-6-5-8-16(18)9-7-14-20-19(21)13-15-23-17-10-3-2-4-11-17/h2-6,8,10-12H,13-15H2,1H3,(H,20,21). The molecule has 0 spiro atoms. The molecule has 0 radical (unpaired) electrons. The van der Waals surface area contributed by atoms with E-state index in [1.165, 1.54) is 4.90 Å². The average Bonchev–Trinajstić information content (AvgIpc) is 2.60. The molecule has 2 rings (SSSR count). The Kier molecular flexibility index (Phi) is 7.09. The first-order valence-electron chi connectivity index (χ1n) is 7.36. The molecule has 0 unspecified atom stereocenters. The highest BCUT2D eigenvalue weighted by atomic mass is 32.2. The van der Waals surface area contributed by atoms with E-state index >= 15 is 0 Å². The number of ether oxygens (including phenoxy) is 1. The highest BCUT2D eigenvalue weighted by Gasteiger charge is 2.00. The third kappa shape index (κ3) is 6.09. The molecular weight excluding hydrogens is 306 g/mol. The maximum Gasteiger partial charge on any atom is 0.221 e. The molecule has 1 amide bonds. The van der Waals surface area contributed by atoms with Crippen LogP contribution in [0.5, 0.6) is 5.75 Å². The van der Waals surface area contributed by atoms with Gasteiger partial charge in [0.2, 0.25) is 5.91 Å². The predicted octanol–water partition coefficient (Wildman–Crippen LogP) is 3.35. The summed E-state index contributed by atoms with van der Waals surface area (Å²) in [5.74, 6) is 7.47. The highest BCUT2D eigenvalue weighted by Crippen LogP contribution is 2.17. The zero-order chi connectivity index (χ0) is 16.3. The normalized spacial score (nSPS) is 9.61. The number of hydrogen-bond acceptors (Lipinski definition) is 3. The van der Waals surface area contributed by atoms with Gasteiger partial charge in [0.25, 0.3) is 0 Å². The molecule has 118 valence electrons. The fourth-order valence-corrected chi connectivity index (χ4v) is 2.77. The smallest absolute Gasteiger partial charge is 0.221 e. The third-order valence-corrected chi connectivity index (χ3v) is 4.06. The van der Waals surface area contributed by atoms with Gasteiger partial charge in [-0.3, -0.25) is 4.79 Å². The van der Waals surface area contributed by atoms with E-state index in [0.29, 0.717) is 13.0 Å². The number of carbonyl (C=O) groups excluding carboxylic acids is 1. The maximum atomic E-state index is 11.8. The first-order valence-corrected chi connectivity index (χ1v) is 8.34. The van der Waals surface area contributed by atoms with Gasteiger partial charge in [0.1, 0.15) is 5.75 Å². The van der Waals surface area contributed by atoms with E-state index in [0.717, 1.165) is 17.1 Å². The van der Waals surface area contributed by atoms with Gasteiger partial charge in [-0.1, -0.05) is 42.2 Å². The maximum absolute atomic E-state index is 11.8. The van der Waals surface area contributed by atoms with Gasteiger partial charge in [-0.05, 0) is 24.3 Å². The molecule has 3 nitrogen and oxygen atoms in total. The minimum absolute atomic E-state index is 0.0164. The molecule has 0 aliphatic carbocycles. The van der Waals surface area contributed by atoms with Crippen molar-refractivity contribution in [1.82, 2.24) is 5.32 Å². The lowest BCUT2D eigenvalue weighted by atomic mass is 10.2. The van der Waals surface area contributed by atoms with E-state index in [4.69, 9.17) is 4.74 Å². The number of benzene rings is 2. The molecule has 0 atom stereocenters. The van der Waals surface area contributed by atoms with Crippen LogP contribution in [0.1, 0.15) is 12.0 Å². The molecule has 0 saturated heterocycles. The van der Waals surface area contributed by atoms with Gasteiger partial charge in [-0.15, -0.1) is 11.8 Å². The third-order valence-electron chi connectivity index (χ3n) is 3.05. The Labute approximate surface area is 141 Å². The van der Waals surface area contributed by atoms with Crippen molar-refractivity contribution in [1.29, 1.82) is 0 Å². The Bertz CT molecular complexity index is 689. The molecule has 0 aromatic heterocycles. The molecule has 0 bridgehead atoms. The molecule has 0 aliphatic rings. The highest BCUT2D eigenvalue weighted by molar-refractivity contribution is 7.99. The molecule has 23 heavy (non-hydrogen) atoms. The zero-order valence-corrected chi connectivity index (χ0v) is 13.9. The van der Waals surface area contributed by atoms with Crippen LogP contribution in [0.2, 0.25) is 0 Å². The molecule has 0 fully saturated rings. The van der Waals surface area contributed by atoms with E-state index in [1.54, 1.807) is 18.9 Å². The fraction of sp³-hybridized carbons (Fsp3) is 0.211. The molecule has 0 saturated carbocycles. The monoisotopic (exact) mass is 325 g/mol. The van der Waals surface area contributed by atoms with E-state index < -0.39 is 0 Å². The van der Waals surface area contributed by atoms with Crippen LogP contribution in [0, 0.1) is 11.8 Å². The number of thioether (sulfide) groups is 1. The van der Waals surface area contributed by atoms with Crippen LogP contribution in [-0.4, -0.2) is 25.3 Å². The SMILES string of the molecule is COc1ccccc1C#CCNC(=O)CCSc1ccccc1. The van der Waals surface area contributed by atoms with E-state index in [9.17, 15) is 4.79 Å². The minimum atomic E-state index is 0.0164. The topological polar surface area (TPSA) is 38.3 Å². The van der Waals surface area contributed by atoms with Crippen molar-refractivity contribution in [2.45, 2.75) is 11.3 Å². The summed E-state index contributed by atoms with van der Waals surface area (Å²) in [4.78, 5) is 12.9. The van der Waals surface area contributed by atoms with Crippen molar-refractivity contribution in [2.75, 3.05) is 19.4 Å². The lowest BCUT2D eigenvalue weighted by molar-refractivity contribution is -0.120. The lowest BCUT2D eigenvalue weighted by Gasteiger charge is -2.02. The Morgan fingerprint density at radius 2 is 1.87 bits per heavy atom. The largest absolute Gasteiger partial charge is 0.495 e. The first-order chi connectivity index (χ1) is 11.3. The van der Waals surface area contributed by atoms with Crippen molar-refractivity contribution < 1.29 is 9.53 Å². The van der Waals surface area contributed by atoms with Crippen LogP contribution in [0.15, 0.2) is 59.5 Å². The summed E-state index contributed by atoms with van der Waals surface area (Å²) in [5.41, 5.74) is 0.823. The lowest BCUT2D eigenvalue weighted by Crippen LogP contribution is -2.23. The molecule has 0 aliphatic heterocycles. The average molecular weight is 325 g/mol. The Morgan fingerprint density at radius 3 is 2.65 bits per heavy atom. The van der Waals surface area contributed by atoms with Gasteiger partial charge in [0.15, 0.2) is 0 Å². The number of nitrogens with one attached hydrogen (secondary N) is 1. The second-order valence-electron chi connectivity index (χ2n) is 4.69. The van der Waals surface area contributed by atoms with Crippen LogP contribution in [0.25, 0.3) is 0 Å². The Balaban J connectivity index is 1.70. The van der Waals surface area contributed by atoms with Gasteiger partial charge < -0.3 is 10.1 Å². The molecule has 2 aromatic carbocycles. The Hall–Kier alpha value is -2.38.